The van der Waals surface area contributed by atoms with E-state index in [0.29, 0.717) is 6.42 Å². The van der Waals surface area contributed by atoms with Crippen LogP contribution >= 0.6 is 0 Å². The molecule has 0 N–H and O–H groups in total. The molecule has 2 heterocycles. The third kappa shape index (κ3) is 3.75. The third-order valence-electron chi connectivity index (χ3n) is 5.46. The molecule has 1 amide bonds. The fraction of sp³-hybridized carbons (Fsp3) is 0.391. The Labute approximate surface area is 161 Å². The molecule has 2 aliphatic heterocycles. The number of anilines is 1. The Kier molecular flexibility index (Phi) is 5.23. The van der Waals surface area contributed by atoms with Crippen LogP contribution in [0.4, 0.5) is 5.69 Å². The van der Waals surface area contributed by atoms with Gasteiger partial charge in [-0.15, -0.1) is 0 Å². The van der Waals surface area contributed by atoms with Crippen LogP contribution in [0.15, 0.2) is 59.6 Å². The Balaban J connectivity index is 1.67. The number of aryl methyl sites for hydroxylation is 1. The molecule has 4 nitrogen and oxygen atoms in total. The number of benzene rings is 2. The van der Waals surface area contributed by atoms with E-state index in [1.54, 1.807) is 0 Å². The molecule has 0 bridgehead atoms. The molecule has 0 radical (unpaired) electrons. The fourth-order valence-corrected chi connectivity index (χ4v) is 3.95. The van der Waals surface area contributed by atoms with Crippen molar-refractivity contribution in [3.05, 3.63) is 65.7 Å². The topological polar surface area (TPSA) is 35.9 Å². The highest BCUT2D eigenvalue weighted by Gasteiger charge is 2.38. The highest BCUT2D eigenvalue weighted by molar-refractivity contribution is 6.22. The summed E-state index contributed by atoms with van der Waals surface area (Å²) in [7, 11) is 0. The van der Waals surface area contributed by atoms with Crippen LogP contribution in [0.1, 0.15) is 37.3 Å². The van der Waals surface area contributed by atoms with E-state index in [4.69, 9.17) is 4.99 Å². The molecule has 4 rings (SSSR count). The second-order valence-corrected chi connectivity index (χ2v) is 7.38. The zero-order valence-corrected chi connectivity index (χ0v) is 16.0. The number of nitrogens with zero attached hydrogens (tertiary/aromatic N) is 3. The quantitative estimate of drug-likeness (QED) is 0.824. The van der Waals surface area contributed by atoms with E-state index in [9.17, 15) is 4.79 Å². The summed E-state index contributed by atoms with van der Waals surface area (Å²) >= 11 is 0. The summed E-state index contributed by atoms with van der Waals surface area (Å²) in [5.41, 5.74) is 3.34. The minimum absolute atomic E-state index is 0.0904. The Morgan fingerprint density at radius 2 is 1.70 bits per heavy atom. The molecule has 1 saturated heterocycles. The standard InChI is InChI=1S/C23H27N3O/c1-2-18-12-9-13-20(16-18)26-22(27)21(17-19-10-5-3-6-11-19)24-23(26)25-14-7-4-8-15-25/h3,5-6,9-13,16,21H,2,4,7-8,14-15,17H2,1H3. The SMILES string of the molecule is CCc1cccc(N2C(=O)C(Cc3ccccc3)N=C2N2CCCCC2)c1. The van der Waals surface area contributed by atoms with Crippen molar-refractivity contribution in [2.45, 2.75) is 45.1 Å². The van der Waals surface area contributed by atoms with Gasteiger partial charge in [-0.25, -0.2) is 9.89 Å². The normalized spacial score (nSPS) is 20.1. The summed E-state index contributed by atoms with van der Waals surface area (Å²) in [5.74, 6) is 0.932. The molecule has 0 spiro atoms. The Morgan fingerprint density at radius 1 is 0.963 bits per heavy atom. The van der Waals surface area contributed by atoms with Gasteiger partial charge in [-0.3, -0.25) is 4.79 Å². The molecule has 2 aromatic carbocycles. The van der Waals surface area contributed by atoms with Gasteiger partial charge in [-0.2, -0.15) is 0 Å². The van der Waals surface area contributed by atoms with Crippen LogP contribution in [0, 0.1) is 0 Å². The summed E-state index contributed by atoms with van der Waals surface area (Å²) in [5, 5.41) is 0. The van der Waals surface area contributed by atoms with Gasteiger partial charge >= 0.3 is 0 Å². The fourth-order valence-electron chi connectivity index (χ4n) is 3.95. The smallest absolute Gasteiger partial charge is 0.259 e. The number of piperidine rings is 1. The maximum atomic E-state index is 13.3. The summed E-state index contributed by atoms with van der Waals surface area (Å²) in [6.45, 7) is 4.10. The van der Waals surface area contributed by atoms with Crippen molar-refractivity contribution >= 4 is 17.6 Å². The lowest BCUT2D eigenvalue weighted by Crippen LogP contribution is -2.47. The number of likely N-dealkylation sites (tertiary alicyclic amines) is 1. The number of amides is 1. The second-order valence-electron chi connectivity index (χ2n) is 7.38. The van der Waals surface area contributed by atoms with Crippen molar-refractivity contribution in [2.75, 3.05) is 18.0 Å². The number of aliphatic imine (C=N–C) groups is 1. The Bertz CT molecular complexity index is 825. The number of carbonyl (C=O) groups excluding carboxylic acids is 1. The number of guanidine groups is 1. The van der Waals surface area contributed by atoms with Crippen molar-refractivity contribution in [1.82, 2.24) is 4.90 Å². The average Bonchev–Trinajstić information content (AvgIpc) is 3.05. The van der Waals surface area contributed by atoms with Crippen LogP contribution in [0.3, 0.4) is 0 Å². The lowest BCUT2D eigenvalue weighted by molar-refractivity contribution is -0.118. The molecule has 1 fully saturated rings. The van der Waals surface area contributed by atoms with Crippen LogP contribution < -0.4 is 4.90 Å². The van der Waals surface area contributed by atoms with E-state index in [1.807, 2.05) is 35.2 Å². The van der Waals surface area contributed by atoms with E-state index in [1.165, 1.54) is 24.8 Å². The van der Waals surface area contributed by atoms with Crippen LogP contribution in [0.25, 0.3) is 0 Å². The number of hydrogen-bond donors (Lipinski definition) is 0. The van der Waals surface area contributed by atoms with E-state index in [2.05, 4.69) is 36.1 Å². The van der Waals surface area contributed by atoms with Crippen molar-refractivity contribution in [3.63, 3.8) is 0 Å². The van der Waals surface area contributed by atoms with Crippen LogP contribution in [0.5, 0.6) is 0 Å². The molecule has 0 aromatic heterocycles. The zero-order chi connectivity index (χ0) is 18.6. The van der Waals surface area contributed by atoms with E-state index < -0.39 is 0 Å². The molecular weight excluding hydrogens is 334 g/mol. The number of rotatable bonds is 4. The molecule has 4 heteroatoms. The largest absolute Gasteiger partial charge is 0.342 e. The summed E-state index contributed by atoms with van der Waals surface area (Å²) in [4.78, 5) is 22.4. The average molecular weight is 361 g/mol. The van der Waals surface area contributed by atoms with Crippen molar-refractivity contribution < 1.29 is 4.79 Å². The van der Waals surface area contributed by atoms with Crippen molar-refractivity contribution in [1.29, 1.82) is 0 Å². The van der Waals surface area contributed by atoms with Gasteiger partial charge in [0.15, 0.2) is 0 Å². The highest BCUT2D eigenvalue weighted by atomic mass is 16.2. The first-order valence-corrected chi connectivity index (χ1v) is 10.1. The van der Waals surface area contributed by atoms with Crippen LogP contribution in [-0.2, 0) is 17.6 Å². The number of carbonyl (C=O) groups is 1. The first-order chi connectivity index (χ1) is 13.3. The van der Waals surface area contributed by atoms with E-state index in [-0.39, 0.29) is 11.9 Å². The molecule has 140 valence electrons. The van der Waals surface area contributed by atoms with Gasteiger partial charge in [-0.1, -0.05) is 49.4 Å². The molecular formula is C23H27N3O. The predicted octanol–water partition coefficient (Wildman–Crippen LogP) is 4.05. The van der Waals surface area contributed by atoms with Gasteiger partial charge in [0.1, 0.15) is 6.04 Å². The van der Waals surface area contributed by atoms with Gasteiger partial charge in [-0.05, 0) is 48.9 Å². The molecule has 0 aliphatic carbocycles. The van der Waals surface area contributed by atoms with Crippen molar-refractivity contribution in [3.8, 4) is 0 Å². The van der Waals surface area contributed by atoms with Crippen LogP contribution in [-0.4, -0.2) is 35.9 Å². The maximum Gasteiger partial charge on any atom is 0.259 e. The van der Waals surface area contributed by atoms with Gasteiger partial charge in [0.2, 0.25) is 5.96 Å². The van der Waals surface area contributed by atoms with Gasteiger partial charge < -0.3 is 4.90 Å². The van der Waals surface area contributed by atoms with Gasteiger partial charge in [0.25, 0.3) is 5.91 Å². The first kappa shape index (κ1) is 17.8. The minimum Gasteiger partial charge on any atom is -0.342 e. The molecule has 27 heavy (non-hydrogen) atoms. The zero-order valence-electron chi connectivity index (χ0n) is 16.0. The second kappa shape index (κ2) is 7.95. The Morgan fingerprint density at radius 3 is 2.44 bits per heavy atom. The lowest BCUT2D eigenvalue weighted by Gasteiger charge is -2.32. The molecule has 2 aliphatic rings. The third-order valence-corrected chi connectivity index (χ3v) is 5.46. The van der Waals surface area contributed by atoms with Crippen molar-refractivity contribution in [2.24, 2.45) is 4.99 Å². The summed E-state index contributed by atoms with van der Waals surface area (Å²) in [6, 6.07) is 18.2. The number of hydrogen-bond acceptors (Lipinski definition) is 3. The van der Waals surface area contributed by atoms with E-state index in [0.717, 1.165) is 36.7 Å². The first-order valence-electron chi connectivity index (χ1n) is 10.1. The Hall–Kier alpha value is -2.62. The molecule has 2 aromatic rings. The lowest BCUT2D eigenvalue weighted by atomic mass is 10.1. The summed E-state index contributed by atoms with van der Waals surface area (Å²) < 4.78 is 0. The monoisotopic (exact) mass is 361 g/mol. The van der Waals surface area contributed by atoms with Crippen LogP contribution in [0.2, 0.25) is 0 Å². The van der Waals surface area contributed by atoms with E-state index >= 15 is 0 Å². The van der Waals surface area contributed by atoms with Gasteiger partial charge in [0.05, 0.1) is 5.69 Å². The predicted molar refractivity (Wildman–Crippen MR) is 110 cm³/mol. The van der Waals surface area contributed by atoms with Gasteiger partial charge in [0, 0.05) is 19.5 Å². The summed E-state index contributed by atoms with van der Waals surface area (Å²) in [6.07, 6.45) is 5.20. The maximum absolute atomic E-state index is 13.3. The highest BCUT2D eigenvalue weighted by Crippen LogP contribution is 2.27. The molecule has 1 atom stereocenters. The molecule has 1 unspecified atom stereocenters. The molecule has 0 saturated carbocycles. The minimum atomic E-state index is -0.338.